The summed E-state index contributed by atoms with van der Waals surface area (Å²) in [5.74, 6) is 0.697. The van der Waals surface area contributed by atoms with Crippen LogP contribution in [0.1, 0.15) is 31.2 Å². The number of benzene rings is 1. The molecule has 1 aliphatic rings. The molecule has 0 unspecified atom stereocenters. The van der Waals surface area contributed by atoms with Crippen molar-refractivity contribution in [3.63, 3.8) is 0 Å². The Labute approximate surface area is 126 Å². The molecule has 1 aromatic carbocycles. The van der Waals surface area contributed by atoms with Gasteiger partial charge in [-0.15, -0.1) is 0 Å². The molecule has 1 fully saturated rings. The standard InChI is InChI=1S/C14H21ClN2O2S/c1-16-10-12-9-13(5-6-14(12)15)20(18,19)17-8-7-11-3-2-4-11/h5-6,9,11,16-17H,2-4,7-8,10H2,1H3. The van der Waals surface area contributed by atoms with Crippen molar-refractivity contribution in [3.8, 4) is 0 Å². The highest BCUT2D eigenvalue weighted by Gasteiger charge is 2.19. The van der Waals surface area contributed by atoms with Crippen molar-refractivity contribution >= 4 is 21.6 Å². The molecule has 0 atom stereocenters. The molecule has 0 aliphatic heterocycles. The fourth-order valence-electron chi connectivity index (χ4n) is 2.31. The minimum absolute atomic E-state index is 0.278. The Kier molecular flexibility index (Phi) is 5.43. The SMILES string of the molecule is CNCc1cc(S(=O)(=O)NCCC2CCC2)ccc1Cl. The summed E-state index contributed by atoms with van der Waals surface area (Å²) in [4.78, 5) is 0.278. The number of nitrogens with one attached hydrogen (secondary N) is 2. The Morgan fingerprint density at radius 1 is 1.35 bits per heavy atom. The Morgan fingerprint density at radius 3 is 2.70 bits per heavy atom. The molecule has 20 heavy (non-hydrogen) atoms. The normalized spacial score (nSPS) is 16.1. The molecule has 1 saturated carbocycles. The predicted octanol–water partition coefficient (Wildman–Crippen LogP) is 2.53. The van der Waals surface area contributed by atoms with Gasteiger partial charge in [-0.25, -0.2) is 13.1 Å². The molecule has 4 nitrogen and oxygen atoms in total. The molecule has 6 heteroatoms. The molecule has 2 N–H and O–H groups in total. The van der Waals surface area contributed by atoms with Crippen molar-refractivity contribution in [1.29, 1.82) is 0 Å². The van der Waals surface area contributed by atoms with Crippen LogP contribution in [-0.2, 0) is 16.6 Å². The van der Waals surface area contributed by atoms with Gasteiger partial charge in [0.25, 0.3) is 0 Å². The average molecular weight is 317 g/mol. The third-order valence-corrected chi connectivity index (χ3v) is 5.59. The maximum atomic E-state index is 12.2. The van der Waals surface area contributed by atoms with Gasteiger partial charge >= 0.3 is 0 Å². The van der Waals surface area contributed by atoms with Crippen molar-refractivity contribution < 1.29 is 8.42 Å². The molecule has 112 valence electrons. The van der Waals surface area contributed by atoms with Gasteiger partial charge in [0, 0.05) is 18.1 Å². The first-order valence-corrected chi connectivity index (χ1v) is 8.82. The average Bonchev–Trinajstić information content (AvgIpc) is 2.35. The van der Waals surface area contributed by atoms with Gasteiger partial charge in [-0.05, 0) is 43.1 Å². The number of halogens is 1. The highest BCUT2D eigenvalue weighted by Crippen LogP contribution is 2.29. The van der Waals surface area contributed by atoms with E-state index < -0.39 is 10.0 Å². The Bertz CT molecular complexity index is 556. The third-order valence-electron chi connectivity index (χ3n) is 3.76. The van der Waals surface area contributed by atoms with Crippen LogP contribution in [0.5, 0.6) is 0 Å². The van der Waals surface area contributed by atoms with Crippen molar-refractivity contribution in [2.45, 2.75) is 37.1 Å². The van der Waals surface area contributed by atoms with E-state index in [4.69, 9.17) is 11.6 Å². The summed E-state index contributed by atoms with van der Waals surface area (Å²) in [6.45, 7) is 1.06. The first-order valence-electron chi connectivity index (χ1n) is 6.95. The van der Waals surface area contributed by atoms with E-state index in [2.05, 4.69) is 10.0 Å². The van der Waals surface area contributed by atoms with Gasteiger partial charge in [-0.1, -0.05) is 30.9 Å². The molecule has 0 saturated heterocycles. The second-order valence-electron chi connectivity index (χ2n) is 5.27. The van der Waals surface area contributed by atoms with E-state index in [0.717, 1.165) is 12.0 Å². The third kappa shape index (κ3) is 3.95. The molecule has 0 amide bonds. The molecule has 0 aromatic heterocycles. The molecule has 0 heterocycles. The predicted molar refractivity (Wildman–Crippen MR) is 81.4 cm³/mol. The fraction of sp³-hybridized carbons (Fsp3) is 0.571. The van der Waals surface area contributed by atoms with Gasteiger partial charge in [0.15, 0.2) is 0 Å². The maximum Gasteiger partial charge on any atom is 0.240 e. The number of rotatable bonds is 7. The lowest BCUT2D eigenvalue weighted by molar-refractivity contribution is 0.297. The van der Waals surface area contributed by atoms with Gasteiger partial charge in [-0.2, -0.15) is 0 Å². The quantitative estimate of drug-likeness (QED) is 0.812. The zero-order chi connectivity index (χ0) is 14.6. The summed E-state index contributed by atoms with van der Waals surface area (Å²) < 4.78 is 27.1. The van der Waals surface area contributed by atoms with Crippen LogP contribution in [0.2, 0.25) is 5.02 Å². The van der Waals surface area contributed by atoms with Gasteiger partial charge in [0.05, 0.1) is 4.90 Å². The lowest BCUT2D eigenvalue weighted by Crippen LogP contribution is -2.27. The molecule has 0 bridgehead atoms. The Balaban J connectivity index is 2.01. The van der Waals surface area contributed by atoms with Crippen LogP contribution in [0.4, 0.5) is 0 Å². The Morgan fingerprint density at radius 2 is 2.10 bits per heavy atom. The maximum absolute atomic E-state index is 12.2. The largest absolute Gasteiger partial charge is 0.316 e. The van der Waals surface area contributed by atoms with Crippen LogP contribution >= 0.6 is 11.6 Å². The van der Waals surface area contributed by atoms with Crippen molar-refractivity contribution in [1.82, 2.24) is 10.0 Å². The van der Waals surface area contributed by atoms with E-state index in [1.165, 1.54) is 19.3 Å². The van der Waals surface area contributed by atoms with E-state index in [1.54, 1.807) is 25.2 Å². The van der Waals surface area contributed by atoms with Gasteiger partial charge in [0.1, 0.15) is 0 Å². The molecular weight excluding hydrogens is 296 g/mol. The van der Waals surface area contributed by atoms with Crippen molar-refractivity contribution in [2.24, 2.45) is 5.92 Å². The Hall–Kier alpha value is -0.620. The summed E-state index contributed by atoms with van der Waals surface area (Å²) >= 11 is 6.04. The molecule has 1 aromatic rings. The topological polar surface area (TPSA) is 58.2 Å². The van der Waals surface area contributed by atoms with Crippen molar-refractivity contribution in [2.75, 3.05) is 13.6 Å². The fourth-order valence-corrected chi connectivity index (χ4v) is 3.59. The zero-order valence-electron chi connectivity index (χ0n) is 11.7. The minimum Gasteiger partial charge on any atom is -0.316 e. The molecular formula is C14H21ClN2O2S. The molecule has 0 radical (unpaired) electrons. The lowest BCUT2D eigenvalue weighted by Gasteiger charge is -2.25. The number of sulfonamides is 1. The van der Waals surface area contributed by atoms with Crippen LogP contribution in [0.3, 0.4) is 0 Å². The highest BCUT2D eigenvalue weighted by atomic mass is 35.5. The van der Waals surface area contributed by atoms with Crippen LogP contribution in [0.15, 0.2) is 23.1 Å². The van der Waals surface area contributed by atoms with Gasteiger partial charge in [0.2, 0.25) is 10.0 Å². The first-order chi connectivity index (χ1) is 9.53. The van der Waals surface area contributed by atoms with Crippen LogP contribution in [0, 0.1) is 5.92 Å². The second kappa shape index (κ2) is 6.89. The van der Waals surface area contributed by atoms with Gasteiger partial charge in [-0.3, -0.25) is 0 Å². The van der Waals surface area contributed by atoms with Crippen LogP contribution in [-0.4, -0.2) is 22.0 Å². The summed E-state index contributed by atoms with van der Waals surface area (Å²) in [6.07, 6.45) is 4.67. The smallest absolute Gasteiger partial charge is 0.240 e. The number of hydrogen-bond donors (Lipinski definition) is 2. The van der Waals surface area contributed by atoms with E-state index in [1.807, 2.05) is 0 Å². The summed E-state index contributed by atoms with van der Waals surface area (Å²) in [5.41, 5.74) is 0.788. The van der Waals surface area contributed by atoms with E-state index >= 15 is 0 Å². The highest BCUT2D eigenvalue weighted by molar-refractivity contribution is 7.89. The lowest BCUT2D eigenvalue weighted by atomic mass is 9.83. The van der Waals surface area contributed by atoms with Crippen LogP contribution < -0.4 is 10.0 Å². The summed E-state index contributed by atoms with van der Waals surface area (Å²) in [6, 6.07) is 4.81. The zero-order valence-corrected chi connectivity index (χ0v) is 13.2. The molecule has 1 aliphatic carbocycles. The summed E-state index contributed by atoms with van der Waals surface area (Å²) in [7, 11) is -1.63. The first kappa shape index (κ1) is 15.8. The minimum atomic E-state index is -3.43. The second-order valence-corrected chi connectivity index (χ2v) is 7.44. The van der Waals surface area contributed by atoms with Gasteiger partial charge < -0.3 is 5.32 Å². The molecule has 0 spiro atoms. The van der Waals surface area contributed by atoms with Crippen LogP contribution in [0.25, 0.3) is 0 Å². The monoisotopic (exact) mass is 316 g/mol. The van der Waals surface area contributed by atoms with E-state index in [-0.39, 0.29) is 4.90 Å². The van der Waals surface area contributed by atoms with E-state index in [0.29, 0.717) is 24.0 Å². The molecule has 2 rings (SSSR count). The van der Waals surface area contributed by atoms with Crippen molar-refractivity contribution in [3.05, 3.63) is 28.8 Å². The van der Waals surface area contributed by atoms with E-state index in [9.17, 15) is 8.42 Å². The number of hydrogen-bond acceptors (Lipinski definition) is 3. The summed E-state index contributed by atoms with van der Waals surface area (Å²) in [5, 5.41) is 3.55.